The van der Waals surface area contributed by atoms with Gasteiger partial charge < -0.3 is 15.5 Å². The lowest BCUT2D eigenvalue weighted by atomic mass is 9.80. The smallest absolute Gasteiger partial charge is 0.328 e. The van der Waals surface area contributed by atoms with Gasteiger partial charge in [-0.3, -0.25) is 19.6 Å². The highest BCUT2D eigenvalue weighted by molar-refractivity contribution is 5.95. The van der Waals surface area contributed by atoms with Gasteiger partial charge in [0.15, 0.2) is 5.56 Å². The number of aromatic nitrogens is 5. The molecule has 1 amide bonds. The van der Waals surface area contributed by atoms with E-state index in [2.05, 4.69) is 20.7 Å². The Bertz CT molecular complexity index is 846. The van der Waals surface area contributed by atoms with Gasteiger partial charge in [0.05, 0.1) is 6.20 Å². The van der Waals surface area contributed by atoms with Crippen LogP contribution >= 0.6 is 0 Å². The van der Waals surface area contributed by atoms with Crippen molar-refractivity contribution in [3.63, 3.8) is 0 Å². The maximum Gasteiger partial charge on any atom is 0.328 e. The Hall–Kier alpha value is -2.95. The molecule has 2 aromatic heterocycles. The summed E-state index contributed by atoms with van der Waals surface area (Å²) in [5.74, 6) is -1.57. The molecule has 1 aliphatic carbocycles. The van der Waals surface area contributed by atoms with Crippen LogP contribution in [-0.2, 0) is 5.60 Å². The van der Waals surface area contributed by atoms with Gasteiger partial charge in [0.1, 0.15) is 11.3 Å². The SMILES string of the molecule is O=C(NC1CCC(O)(c2cn[nH]n2)CC1)c1c(O)[nH]c(=O)[nH]c1=O. The minimum absolute atomic E-state index is 0.282. The quantitative estimate of drug-likeness (QED) is 0.393. The molecule has 2 aromatic rings. The molecule has 11 heteroatoms. The number of aliphatic hydroxyl groups is 1. The predicted molar refractivity (Wildman–Crippen MR) is 79.3 cm³/mol. The van der Waals surface area contributed by atoms with Crippen LogP contribution in [0.15, 0.2) is 15.8 Å². The fourth-order valence-corrected chi connectivity index (χ4v) is 2.86. The van der Waals surface area contributed by atoms with Gasteiger partial charge >= 0.3 is 5.69 Å². The lowest BCUT2D eigenvalue weighted by molar-refractivity contribution is -0.0119. The topological polar surface area (TPSA) is 177 Å². The second-order valence-corrected chi connectivity index (χ2v) is 5.77. The van der Waals surface area contributed by atoms with Crippen LogP contribution in [-0.4, -0.2) is 47.5 Å². The first-order chi connectivity index (χ1) is 11.4. The molecule has 0 saturated heterocycles. The zero-order valence-electron chi connectivity index (χ0n) is 12.5. The van der Waals surface area contributed by atoms with Gasteiger partial charge in [-0.15, -0.1) is 0 Å². The Morgan fingerprint density at radius 2 is 2.00 bits per heavy atom. The fraction of sp³-hybridized carbons (Fsp3) is 0.462. The Balaban J connectivity index is 1.68. The van der Waals surface area contributed by atoms with Gasteiger partial charge in [-0.2, -0.15) is 15.4 Å². The minimum atomic E-state index is -1.11. The van der Waals surface area contributed by atoms with Crippen molar-refractivity contribution in [3.05, 3.63) is 38.3 Å². The average molecular weight is 336 g/mol. The van der Waals surface area contributed by atoms with Crippen molar-refractivity contribution in [2.75, 3.05) is 0 Å². The molecule has 0 bridgehead atoms. The number of hydrogen-bond donors (Lipinski definition) is 6. The zero-order valence-corrected chi connectivity index (χ0v) is 12.5. The van der Waals surface area contributed by atoms with Crippen molar-refractivity contribution >= 4 is 5.91 Å². The van der Waals surface area contributed by atoms with Crippen molar-refractivity contribution in [1.82, 2.24) is 30.7 Å². The molecule has 24 heavy (non-hydrogen) atoms. The largest absolute Gasteiger partial charge is 0.494 e. The first kappa shape index (κ1) is 15.9. The van der Waals surface area contributed by atoms with Crippen LogP contribution in [0.25, 0.3) is 0 Å². The molecule has 128 valence electrons. The molecule has 0 unspecified atom stereocenters. The summed E-state index contributed by atoms with van der Waals surface area (Å²) in [5, 5.41) is 32.8. The molecule has 11 nitrogen and oxygen atoms in total. The summed E-state index contributed by atoms with van der Waals surface area (Å²) >= 11 is 0. The van der Waals surface area contributed by atoms with Crippen LogP contribution in [0.1, 0.15) is 41.7 Å². The summed E-state index contributed by atoms with van der Waals surface area (Å²) in [6.07, 6.45) is 3.09. The summed E-state index contributed by atoms with van der Waals surface area (Å²) in [6.45, 7) is 0. The number of aromatic hydroxyl groups is 1. The number of nitrogens with zero attached hydrogens (tertiary/aromatic N) is 2. The number of hydrogen-bond acceptors (Lipinski definition) is 7. The summed E-state index contributed by atoms with van der Waals surface area (Å²) in [6, 6.07) is -0.282. The van der Waals surface area contributed by atoms with E-state index in [0.717, 1.165) is 0 Å². The highest BCUT2D eigenvalue weighted by atomic mass is 16.3. The third-order valence-corrected chi connectivity index (χ3v) is 4.19. The molecular weight excluding hydrogens is 320 g/mol. The Morgan fingerprint density at radius 3 is 2.58 bits per heavy atom. The van der Waals surface area contributed by atoms with E-state index in [9.17, 15) is 24.6 Å². The van der Waals surface area contributed by atoms with E-state index in [1.54, 1.807) is 0 Å². The van der Waals surface area contributed by atoms with Crippen LogP contribution in [0.4, 0.5) is 0 Å². The first-order valence-corrected chi connectivity index (χ1v) is 7.34. The monoisotopic (exact) mass is 336 g/mol. The molecule has 2 heterocycles. The second kappa shape index (κ2) is 5.92. The lowest BCUT2D eigenvalue weighted by Crippen LogP contribution is -2.44. The molecule has 6 N–H and O–H groups in total. The minimum Gasteiger partial charge on any atom is -0.494 e. The summed E-state index contributed by atoms with van der Waals surface area (Å²) in [7, 11) is 0. The molecule has 0 atom stereocenters. The maximum absolute atomic E-state index is 12.2. The van der Waals surface area contributed by atoms with Crippen molar-refractivity contribution in [3.8, 4) is 5.88 Å². The second-order valence-electron chi connectivity index (χ2n) is 5.77. The van der Waals surface area contributed by atoms with Crippen LogP contribution in [0.3, 0.4) is 0 Å². The third-order valence-electron chi connectivity index (χ3n) is 4.19. The highest BCUT2D eigenvalue weighted by Crippen LogP contribution is 2.35. The molecule has 3 rings (SSSR count). The number of aromatic amines is 3. The number of carbonyl (C=O) groups is 1. The van der Waals surface area contributed by atoms with Crippen molar-refractivity contribution in [1.29, 1.82) is 0 Å². The first-order valence-electron chi connectivity index (χ1n) is 7.34. The van der Waals surface area contributed by atoms with Crippen molar-refractivity contribution < 1.29 is 15.0 Å². The van der Waals surface area contributed by atoms with E-state index >= 15 is 0 Å². The molecule has 0 spiro atoms. The number of rotatable bonds is 3. The molecule has 0 aliphatic heterocycles. The lowest BCUT2D eigenvalue weighted by Gasteiger charge is -2.34. The Kier molecular flexibility index (Phi) is 3.93. The van der Waals surface area contributed by atoms with Crippen LogP contribution in [0.5, 0.6) is 5.88 Å². The Labute approximate surface area is 134 Å². The number of nitrogens with one attached hydrogen (secondary N) is 4. The fourth-order valence-electron chi connectivity index (χ4n) is 2.86. The predicted octanol–water partition coefficient (Wildman–Crippen LogP) is -1.55. The number of H-pyrrole nitrogens is 3. The summed E-state index contributed by atoms with van der Waals surface area (Å²) in [4.78, 5) is 38.7. The van der Waals surface area contributed by atoms with E-state index < -0.39 is 34.2 Å². The summed E-state index contributed by atoms with van der Waals surface area (Å²) < 4.78 is 0. The van der Waals surface area contributed by atoms with Gasteiger partial charge in [0.25, 0.3) is 11.5 Å². The number of carbonyl (C=O) groups excluding carboxylic acids is 1. The van der Waals surface area contributed by atoms with E-state index in [1.807, 2.05) is 9.97 Å². The van der Waals surface area contributed by atoms with Gasteiger partial charge in [-0.25, -0.2) is 4.79 Å². The van der Waals surface area contributed by atoms with E-state index in [0.29, 0.717) is 31.4 Å². The molecule has 0 aromatic carbocycles. The molecule has 1 aliphatic rings. The third kappa shape index (κ3) is 2.93. The average Bonchev–Trinajstić information content (AvgIpc) is 3.04. The maximum atomic E-state index is 12.2. The molecular formula is C13H16N6O5. The van der Waals surface area contributed by atoms with Gasteiger partial charge in [0, 0.05) is 6.04 Å². The van der Waals surface area contributed by atoms with E-state index in [-0.39, 0.29) is 6.04 Å². The van der Waals surface area contributed by atoms with Gasteiger partial charge in [0.2, 0.25) is 5.88 Å². The number of amides is 1. The standard InChI is InChI=1S/C13H16N6O5/c20-9(8-10(21)16-12(23)17-11(8)22)15-6-1-3-13(24,4-2-6)7-5-14-19-18-7/h5-6,24H,1-4H2,(H,15,20)(H,14,18,19)(H3,16,17,21,22,23). The van der Waals surface area contributed by atoms with Crippen molar-refractivity contribution in [2.45, 2.75) is 37.3 Å². The Morgan fingerprint density at radius 1 is 1.29 bits per heavy atom. The van der Waals surface area contributed by atoms with Gasteiger partial charge in [-0.05, 0) is 25.7 Å². The van der Waals surface area contributed by atoms with Crippen LogP contribution < -0.4 is 16.6 Å². The van der Waals surface area contributed by atoms with Gasteiger partial charge in [-0.1, -0.05) is 0 Å². The van der Waals surface area contributed by atoms with E-state index in [1.165, 1.54) is 6.20 Å². The van der Waals surface area contributed by atoms with Crippen LogP contribution in [0, 0.1) is 0 Å². The molecule has 1 saturated carbocycles. The normalized spacial score (nSPS) is 23.8. The molecule has 1 fully saturated rings. The van der Waals surface area contributed by atoms with Crippen molar-refractivity contribution in [2.24, 2.45) is 0 Å². The summed E-state index contributed by atoms with van der Waals surface area (Å²) in [5.41, 5.74) is -3.08. The zero-order chi connectivity index (χ0) is 17.3. The molecule has 0 radical (unpaired) electrons. The van der Waals surface area contributed by atoms with E-state index in [4.69, 9.17) is 0 Å². The van der Waals surface area contributed by atoms with Crippen LogP contribution in [0.2, 0.25) is 0 Å². The highest BCUT2D eigenvalue weighted by Gasteiger charge is 2.37.